The van der Waals surface area contributed by atoms with Crippen LogP contribution >= 0.6 is 0 Å². The Morgan fingerprint density at radius 1 is 1.30 bits per heavy atom. The molecule has 2 aliphatic heterocycles. The highest BCUT2D eigenvalue weighted by molar-refractivity contribution is 5.86. The van der Waals surface area contributed by atoms with Crippen LogP contribution in [0.3, 0.4) is 0 Å². The molecule has 3 rings (SSSR count). The highest BCUT2D eigenvalue weighted by Crippen LogP contribution is 2.30. The van der Waals surface area contributed by atoms with E-state index < -0.39 is 0 Å². The second-order valence-electron chi connectivity index (χ2n) is 6.36. The van der Waals surface area contributed by atoms with Crippen LogP contribution in [-0.4, -0.2) is 59.0 Å². The Balaban J connectivity index is 1.75. The molecule has 2 saturated heterocycles. The average molecular weight is 319 g/mol. The van der Waals surface area contributed by atoms with Crippen molar-refractivity contribution >= 4 is 11.8 Å². The number of carbonyl (C=O) groups is 2. The Labute approximate surface area is 137 Å². The molecule has 2 amide bonds. The van der Waals surface area contributed by atoms with Gasteiger partial charge in [-0.1, -0.05) is 12.8 Å². The van der Waals surface area contributed by atoms with Crippen molar-refractivity contribution in [1.82, 2.24) is 14.4 Å². The number of rotatable bonds is 3. The van der Waals surface area contributed by atoms with Crippen LogP contribution in [0, 0.1) is 0 Å². The molecule has 0 bridgehead atoms. The summed E-state index contributed by atoms with van der Waals surface area (Å²) in [4.78, 5) is 28.3. The lowest BCUT2D eigenvalue weighted by molar-refractivity contribution is -0.149. The van der Waals surface area contributed by atoms with E-state index in [9.17, 15) is 9.59 Å². The molecular weight excluding hydrogens is 294 g/mol. The second-order valence-corrected chi connectivity index (χ2v) is 6.36. The molecule has 23 heavy (non-hydrogen) atoms. The molecule has 0 aromatic carbocycles. The van der Waals surface area contributed by atoms with E-state index in [0.717, 1.165) is 32.2 Å². The molecule has 6 nitrogen and oxygen atoms in total. The quantitative estimate of drug-likeness (QED) is 0.844. The first-order valence-corrected chi connectivity index (χ1v) is 8.43. The van der Waals surface area contributed by atoms with Crippen LogP contribution in [0.25, 0.3) is 0 Å². The molecule has 0 saturated carbocycles. The molecule has 2 aliphatic rings. The zero-order valence-electron chi connectivity index (χ0n) is 13.7. The van der Waals surface area contributed by atoms with Gasteiger partial charge in [0.25, 0.3) is 0 Å². The van der Waals surface area contributed by atoms with Crippen molar-refractivity contribution in [3.05, 3.63) is 24.0 Å². The number of aryl methyl sites for hydroxylation is 1. The van der Waals surface area contributed by atoms with Gasteiger partial charge in [-0.15, -0.1) is 0 Å². The molecule has 126 valence electrons. The maximum absolute atomic E-state index is 12.9. The topological polar surface area (TPSA) is 54.8 Å². The standard InChI is InChI=1S/C17H25N3O3/c1-18-8-5-7-14(18)15-6-3-2-4-9-20(15)16(21)12-19-10-11-23-13-17(19)22/h5,7-8,15H,2-4,6,9-13H2,1H3/t15-/m0/s1. The van der Waals surface area contributed by atoms with Gasteiger partial charge in [-0.25, -0.2) is 0 Å². The smallest absolute Gasteiger partial charge is 0.249 e. The van der Waals surface area contributed by atoms with Gasteiger partial charge in [0.2, 0.25) is 11.8 Å². The number of aromatic nitrogens is 1. The van der Waals surface area contributed by atoms with Crippen LogP contribution in [0.4, 0.5) is 0 Å². The summed E-state index contributed by atoms with van der Waals surface area (Å²) in [6, 6.07) is 4.23. The lowest BCUT2D eigenvalue weighted by Crippen LogP contribution is -2.48. The van der Waals surface area contributed by atoms with E-state index in [1.807, 2.05) is 24.2 Å². The lowest BCUT2D eigenvalue weighted by Gasteiger charge is -2.34. The number of hydrogen-bond donors (Lipinski definition) is 0. The monoisotopic (exact) mass is 319 g/mol. The fourth-order valence-electron chi connectivity index (χ4n) is 3.51. The largest absolute Gasteiger partial charge is 0.370 e. The van der Waals surface area contributed by atoms with Crippen molar-refractivity contribution in [2.75, 3.05) is 32.8 Å². The molecule has 0 unspecified atom stereocenters. The number of ether oxygens (including phenoxy) is 1. The van der Waals surface area contributed by atoms with Gasteiger partial charge >= 0.3 is 0 Å². The third-order valence-electron chi connectivity index (χ3n) is 4.81. The van der Waals surface area contributed by atoms with E-state index in [-0.39, 0.29) is 31.0 Å². The molecule has 1 aromatic rings. The average Bonchev–Trinajstić information content (AvgIpc) is 2.82. The molecule has 0 aliphatic carbocycles. The number of amides is 2. The maximum atomic E-state index is 12.9. The summed E-state index contributed by atoms with van der Waals surface area (Å²) in [5.41, 5.74) is 1.17. The first kappa shape index (κ1) is 16.1. The number of morpholine rings is 1. The molecular formula is C17H25N3O3. The van der Waals surface area contributed by atoms with Crippen LogP contribution in [0.5, 0.6) is 0 Å². The predicted molar refractivity (Wildman–Crippen MR) is 85.7 cm³/mol. The SMILES string of the molecule is Cn1cccc1[C@@H]1CCCCCN1C(=O)CN1CCOCC1=O. The fraction of sp³-hybridized carbons (Fsp3) is 0.647. The minimum Gasteiger partial charge on any atom is -0.370 e. The molecule has 0 N–H and O–H groups in total. The van der Waals surface area contributed by atoms with E-state index in [1.165, 1.54) is 5.69 Å². The Bertz CT molecular complexity index is 569. The van der Waals surface area contributed by atoms with Gasteiger partial charge in [0.05, 0.1) is 19.2 Å². The van der Waals surface area contributed by atoms with E-state index in [0.29, 0.717) is 13.2 Å². The maximum Gasteiger partial charge on any atom is 0.249 e. The van der Waals surface area contributed by atoms with Gasteiger partial charge < -0.3 is 19.1 Å². The fourth-order valence-corrected chi connectivity index (χ4v) is 3.51. The molecule has 0 spiro atoms. The second kappa shape index (κ2) is 7.17. The molecule has 6 heteroatoms. The molecule has 3 heterocycles. The zero-order valence-corrected chi connectivity index (χ0v) is 13.7. The van der Waals surface area contributed by atoms with Crippen LogP contribution in [-0.2, 0) is 21.4 Å². The predicted octanol–water partition coefficient (Wildman–Crippen LogP) is 1.33. The van der Waals surface area contributed by atoms with Crippen molar-refractivity contribution < 1.29 is 14.3 Å². The van der Waals surface area contributed by atoms with Gasteiger partial charge in [0.1, 0.15) is 6.61 Å². The van der Waals surface area contributed by atoms with E-state index in [1.54, 1.807) is 4.90 Å². The van der Waals surface area contributed by atoms with Crippen molar-refractivity contribution in [2.45, 2.75) is 31.7 Å². The third kappa shape index (κ3) is 3.58. The summed E-state index contributed by atoms with van der Waals surface area (Å²) < 4.78 is 7.23. The van der Waals surface area contributed by atoms with Crippen LogP contribution < -0.4 is 0 Å². The number of likely N-dealkylation sites (tertiary alicyclic amines) is 1. The molecule has 2 fully saturated rings. The number of hydrogen-bond acceptors (Lipinski definition) is 3. The summed E-state index contributed by atoms with van der Waals surface area (Å²) in [5.74, 6) is -0.0387. The highest BCUT2D eigenvalue weighted by atomic mass is 16.5. The molecule has 1 atom stereocenters. The molecule has 1 aromatic heterocycles. The Hall–Kier alpha value is -1.82. The summed E-state index contributed by atoms with van der Waals surface area (Å²) in [5, 5.41) is 0. The van der Waals surface area contributed by atoms with Gasteiger partial charge in [-0.3, -0.25) is 9.59 Å². The Morgan fingerprint density at radius 3 is 2.91 bits per heavy atom. The first-order chi connectivity index (χ1) is 11.2. The van der Waals surface area contributed by atoms with Crippen LogP contribution in [0.2, 0.25) is 0 Å². The highest BCUT2D eigenvalue weighted by Gasteiger charge is 2.30. The van der Waals surface area contributed by atoms with Gasteiger partial charge in [-0.2, -0.15) is 0 Å². The summed E-state index contributed by atoms with van der Waals surface area (Å²) in [6.07, 6.45) is 6.33. The van der Waals surface area contributed by atoms with Gasteiger partial charge in [0, 0.05) is 32.0 Å². The summed E-state index contributed by atoms with van der Waals surface area (Å²) in [6.45, 7) is 2.05. The number of carbonyl (C=O) groups excluding carboxylic acids is 2. The van der Waals surface area contributed by atoms with Crippen molar-refractivity contribution in [1.29, 1.82) is 0 Å². The number of nitrogens with zero attached hydrogens (tertiary/aromatic N) is 3. The minimum atomic E-state index is -0.0881. The van der Waals surface area contributed by atoms with Crippen molar-refractivity contribution in [3.8, 4) is 0 Å². The minimum absolute atomic E-state index is 0.0494. The third-order valence-corrected chi connectivity index (χ3v) is 4.81. The van der Waals surface area contributed by atoms with E-state index >= 15 is 0 Å². The van der Waals surface area contributed by atoms with Crippen molar-refractivity contribution in [3.63, 3.8) is 0 Å². The van der Waals surface area contributed by atoms with E-state index in [2.05, 4.69) is 10.6 Å². The first-order valence-electron chi connectivity index (χ1n) is 8.43. The normalized spacial score (nSPS) is 23.0. The van der Waals surface area contributed by atoms with Gasteiger partial charge in [0.15, 0.2) is 0 Å². The lowest BCUT2D eigenvalue weighted by atomic mass is 10.1. The summed E-state index contributed by atoms with van der Waals surface area (Å²) >= 11 is 0. The van der Waals surface area contributed by atoms with Gasteiger partial charge in [-0.05, 0) is 25.0 Å². The summed E-state index contributed by atoms with van der Waals surface area (Å²) in [7, 11) is 2.02. The van der Waals surface area contributed by atoms with Crippen LogP contribution in [0.1, 0.15) is 37.4 Å². The molecule has 0 radical (unpaired) electrons. The van der Waals surface area contributed by atoms with Crippen molar-refractivity contribution in [2.24, 2.45) is 7.05 Å². The Kier molecular flexibility index (Phi) is 5.00. The van der Waals surface area contributed by atoms with Crippen LogP contribution in [0.15, 0.2) is 18.3 Å². The van der Waals surface area contributed by atoms with E-state index in [4.69, 9.17) is 4.74 Å². The Morgan fingerprint density at radius 2 is 2.17 bits per heavy atom. The zero-order chi connectivity index (χ0) is 16.2.